The van der Waals surface area contributed by atoms with Crippen molar-refractivity contribution < 1.29 is 4.74 Å². The number of methoxy groups -OCH3 is 1. The molecule has 1 fully saturated rings. The molecule has 66 valence electrons. The van der Waals surface area contributed by atoms with E-state index in [4.69, 9.17) is 4.74 Å². The molecular formula is C9H19NO. The van der Waals surface area contributed by atoms with E-state index in [9.17, 15) is 0 Å². The Balaban J connectivity index is 1.88. The molecule has 0 aromatic carbocycles. The summed E-state index contributed by atoms with van der Waals surface area (Å²) in [4.78, 5) is 0. The molecule has 0 bridgehead atoms. The molecule has 3 unspecified atom stereocenters. The summed E-state index contributed by atoms with van der Waals surface area (Å²) < 4.78 is 5.12. The van der Waals surface area contributed by atoms with Crippen LogP contribution in [0.4, 0.5) is 0 Å². The monoisotopic (exact) mass is 157 g/mol. The number of hydrogen-bond donors (Lipinski definition) is 1. The molecule has 0 saturated heterocycles. The maximum Gasteiger partial charge on any atom is 0.0667 e. The minimum Gasteiger partial charge on any atom is -0.380 e. The Morgan fingerprint density at radius 1 is 1.64 bits per heavy atom. The van der Waals surface area contributed by atoms with E-state index in [0.29, 0.717) is 6.10 Å². The second-order valence-corrected chi connectivity index (χ2v) is 3.68. The minimum atomic E-state index is 0.351. The van der Waals surface area contributed by atoms with Crippen LogP contribution in [-0.4, -0.2) is 26.3 Å². The van der Waals surface area contributed by atoms with Gasteiger partial charge in [-0.3, -0.25) is 0 Å². The smallest absolute Gasteiger partial charge is 0.0667 e. The van der Waals surface area contributed by atoms with E-state index in [1.165, 1.54) is 13.0 Å². The van der Waals surface area contributed by atoms with Crippen LogP contribution in [0.3, 0.4) is 0 Å². The summed E-state index contributed by atoms with van der Waals surface area (Å²) in [6, 6.07) is 0. The van der Waals surface area contributed by atoms with Crippen molar-refractivity contribution in [2.75, 3.05) is 20.2 Å². The third-order valence-electron chi connectivity index (χ3n) is 2.52. The first-order valence-electron chi connectivity index (χ1n) is 4.47. The molecule has 0 spiro atoms. The normalized spacial score (nSPS) is 31.9. The van der Waals surface area contributed by atoms with E-state index in [-0.39, 0.29) is 0 Å². The van der Waals surface area contributed by atoms with Gasteiger partial charge in [-0.1, -0.05) is 6.92 Å². The SMILES string of the molecule is COC(C)CNCC1CC1C. The van der Waals surface area contributed by atoms with Crippen LogP contribution in [0.15, 0.2) is 0 Å². The van der Waals surface area contributed by atoms with Crippen molar-refractivity contribution in [3.05, 3.63) is 0 Å². The highest BCUT2D eigenvalue weighted by molar-refractivity contribution is 4.84. The summed E-state index contributed by atoms with van der Waals surface area (Å²) in [5.74, 6) is 1.90. The van der Waals surface area contributed by atoms with Crippen LogP contribution >= 0.6 is 0 Å². The van der Waals surface area contributed by atoms with E-state index in [2.05, 4.69) is 19.2 Å². The quantitative estimate of drug-likeness (QED) is 0.649. The molecular weight excluding hydrogens is 138 g/mol. The van der Waals surface area contributed by atoms with Crippen molar-refractivity contribution in [2.45, 2.75) is 26.4 Å². The molecule has 0 radical (unpaired) electrons. The lowest BCUT2D eigenvalue weighted by Crippen LogP contribution is -2.27. The second-order valence-electron chi connectivity index (χ2n) is 3.68. The first-order chi connectivity index (χ1) is 5.24. The third kappa shape index (κ3) is 3.21. The summed E-state index contributed by atoms with van der Waals surface area (Å²) in [5, 5.41) is 3.40. The predicted molar refractivity (Wildman–Crippen MR) is 46.6 cm³/mol. The van der Waals surface area contributed by atoms with E-state index >= 15 is 0 Å². The number of rotatable bonds is 5. The van der Waals surface area contributed by atoms with Crippen molar-refractivity contribution in [2.24, 2.45) is 11.8 Å². The van der Waals surface area contributed by atoms with Gasteiger partial charge >= 0.3 is 0 Å². The molecule has 0 aromatic rings. The zero-order valence-corrected chi connectivity index (χ0v) is 7.76. The second kappa shape index (κ2) is 4.07. The van der Waals surface area contributed by atoms with Gasteiger partial charge in [0, 0.05) is 13.7 Å². The fourth-order valence-electron chi connectivity index (χ4n) is 1.24. The zero-order chi connectivity index (χ0) is 8.27. The fraction of sp³-hybridized carbons (Fsp3) is 1.00. The van der Waals surface area contributed by atoms with Crippen molar-refractivity contribution in [3.8, 4) is 0 Å². The number of nitrogens with one attached hydrogen (secondary N) is 1. The molecule has 0 aromatic heterocycles. The highest BCUT2D eigenvalue weighted by atomic mass is 16.5. The Morgan fingerprint density at radius 2 is 2.27 bits per heavy atom. The summed E-state index contributed by atoms with van der Waals surface area (Å²) in [7, 11) is 1.76. The fourth-order valence-corrected chi connectivity index (χ4v) is 1.24. The van der Waals surface area contributed by atoms with Crippen LogP contribution in [0, 0.1) is 11.8 Å². The van der Waals surface area contributed by atoms with Crippen LogP contribution in [-0.2, 0) is 4.74 Å². The Bertz CT molecular complexity index is 112. The Morgan fingerprint density at radius 3 is 2.73 bits per heavy atom. The van der Waals surface area contributed by atoms with Gasteiger partial charge in [0.25, 0.3) is 0 Å². The van der Waals surface area contributed by atoms with Crippen LogP contribution in [0.2, 0.25) is 0 Å². The molecule has 1 saturated carbocycles. The van der Waals surface area contributed by atoms with Gasteiger partial charge in [0.2, 0.25) is 0 Å². The zero-order valence-electron chi connectivity index (χ0n) is 7.76. The molecule has 1 aliphatic carbocycles. The van der Waals surface area contributed by atoms with Crippen LogP contribution in [0.1, 0.15) is 20.3 Å². The van der Waals surface area contributed by atoms with E-state index < -0.39 is 0 Å². The molecule has 1 rings (SSSR count). The van der Waals surface area contributed by atoms with Gasteiger partial charge in [0.15, 0.2) is 0 Å². The highest BCUT2D eigenvalue weighted by Gasteiger charge is 2.31. The number of ether oxygens (including phenoxy) is 1. The molecule has 11 heavy (non-hydrogen) atoms. The van der Waals surface area contributed by atoms with Crippen LogP contribution < -0.4 is 5.32 Å². The molecule has 3 atom stereocenters. The van der Waals surface area contributed by atoms with E-state index in [1.807, 2.05) is 0 Å². The summed E-state index contributed by atoms with van der Waals surface area (Å²) in [6.45, 7) is 6.56. The summed E-state index contributed by atoms with van der Waals surface area (Å²) >= 11 is 0. The van der Waals surface area contributed by atoms with Gasteiger partial charge in [0.1, 0.15) is 0 Å². The standard InChI is InChI=1S/C9H19NO/c1-7-4-9(7)6-10-5-8(2)11-3/h7-10H,4-6H2,1-3H3. The molecule has 2 heteroatoms. The molecule has 1 N–H and O–H groups in total. The Labute approximate surface area is 69.3 Å². The highest BCUT2D eigenvalue weighted by Crippen LogP contribution is 2.36. The number of hydrogen-bond acceptors (Lipinski definition) is 2. The molecule has 1 aliphatic rings. The first-order valence-corrected chi connectivity index (χ1v) is 4.47. The lowest BCUT2D eigenvalue weighted by molar-refractivity contribution is 0.117. The summed E-state index contributed by atoms with van der Waals surface area (Å²) in [5.41, 5.74) is 0. The third-order valence-corrected chi connectivity index (χ3v) is 2.52. The molecule has 0 heterocycles. The van der Waals surface area contributed by atoms with Gasteiger partial charge in [-0.25, -0.2) is 0 Å². The Hall–Kier alpha value is -0.0800. The molecule has 0 aliphatic heterocycles. The lowest BCUT2D eigenvalue weighted by atomic mass is 10.3. The maximum absolute atomic E-state index is 5.12. The largest absolute Gasteiger partial charge is 0.380 e. The van der Waals surface area contributed by atoms with Gasteiger partial charge in [-0.15, -0.1) is 0 Å². The molecule has 2 nitrogen and oxygen atoms in total. The van der Waals surface area contributed by atoms with Crippen LogP contribution in [0.5, 0.6) is 0 Å². The minimum absolute atomic E-state index is 0.351. The topological polar surface area (TPSA) is 21.3 Å². The van der Waals surface area contributed by atoms with E-state index in [1.54, 1.807) is 7.11 Å². The van der Waals surface area contributed by atoms with Crippen molar-refractivity contribution >= 4 is 0 Å². The van der Waals surface area contributed by atoms with Gasteiger partial charge in [0.05, 0.1) is 6.10 Å². The summed E-state index contributed by atoms with van der Waals surface area (Å²) in [6.07, 6.45) is 1.76. The van der Waals surface area contributed by atoms with Crippen molar-refractivity contribution in [1.29, 1.82) is 0 Å². The maximum atomic E-state index is 5.12. The van der Waals surface area contributed by atoms with Crippen molar-refractivity contribution in [3.63, 3.8) is 0 Å². The lowest BCUT2D eigenvalue weighted by Gasteiger charge is -2.09. The average molecular weight is 157 g/mol. The van der Waals surface area contributed by atoms with Gasteiger partial charge in [-0.05, 0) is 31.7 Å². The van der Waals surface area contributed by atoms with Gasteiger partial charge in [-0.2, -0.15) is 0 Å². The average Bonchev–Trinajstić information content (AvgIpc) is 2.66. The first kappa shape index (κ1) is 9.01. The van der Waals surface area contributed by atoms with E-state index in [0.717, 1.165) is 18.4 Å². The predicted octanol–water partition coefficient (Wildman–Crippen LogP) is 1.27. The van der Waals surface area contributed by atoms with Gasteiger partial charge < -0.3 is 10.1 Å². The van der Waals surface area contributed by atoms with Crippen LogP contribution in [0.25, 0.3) is 0 Å². The Kier molecular flexibility index (Phi) is 3.34. The molecule has 0 amide bonds. The van der Waals surface area contributed by atoms with Crippen molar-refractivity contribution in [1.82, 2.24) is 5.32 Å².